The van der Waals surface area contributed by atoms with Crippen LogP contribution in [0.15, 0.2) is 0 Å². The van der Waals surface area contributed by atoms with Gasteiger partial charge in [0.1, 0.15) is 6.04 Å². The largest absolute Gasteiger partial charge is 0.344 e. The zero-order chi connectivity index (χ0) is 16.1. The number of amides is 2. The monoisotopic (exact) mass is 317 g/mol. The lowest BCUT2D eigenvalue weighted by Crippen LogP contribution is -2.43. The summed E-state index contributed by atoms with van der Waals surface area (Å²) >= 11 is 0. The Morgan fingerprint density at radius 3 is 2.43 bits per heavy atom. The van der Waals surface area contributed by atoms with Crippen molar-refractivity contribution in [1.82, 2.24) is 15.1 Å². The van der Waals surface area contributed by atoms with E-state index in [0.29, 0.717) is 19.5 Å². The molecule has 0 aromatic heterocycles. The van der Waals surface area contributed by atoms with Crippen LogP contribution in [0.2, 0.25) is 0 Å². The summed E-state index contributed by atoms with van der Waals surface area (Å²) in [5, 5.41) is 2.95. The fourth-order valence-electron chi connectivity index (χ4n) is 3.77. The van der Waals surface area contributed by atoms with E-state index in [4.69, 9.17) is 0 Å². The molecule has 1 N–H and O–H groups in total. The lowest BCUT2D eigenvalue weighted by molar-refractivity contribution is -0.133. The molecule has 126 valence electrons. The van der Waals surface area contributed by atoms with Crippen LogP contribution < -0.4 is 5.32 Å². The van der Waals surface area contributed by atoms with Crippen LogP contribution in [0.25, 0.3) is 0 Å². The summed E-state index contributed by atoms with van der Waals surface area (Å²) in [5.74, 6) is 6.51. The van der Waals surface area contributed by atoms with E-state index in [9.17, 15) is 9.59 Å². The van der Waals surface area contributed by atoms with Crippen LogP contribution in [0.1, 0.15) is 44.9 Å². The summed E-state index contributed by atoms with van der Waals surface area (Å²) in [4.78, 5) is 28.6. The van der Waals surface area contributed by atoms with Crippen molar-refractivity contribution >= 4 is 11.8 Å². The minimum absolute atomic E-state index is 0.0341. The van der Waals surface area contributed by atoms with Crippen molar-refractivity contribution < 1.29 is 9.59 Å². The number of rotatable bonds is 4. The zero-order valence-corrected chi connectivity index (χ0v) is 13.9. The van der Waals surface area contributed by atoms with Gasteiger partial charge in [-0.1, -0.05) is 24.7 Å². The highest BCUT2D eigenvalue weighted by atomic mass is 16.2. The second-order valence-electron chi connectivity index (χ2n) is 6.93. The molecule has 1 saturated carbocycles. The molecule has 0 bridgehead atoms. The normalized spacial score (nSPS) is 25.7. The van der Waals surface area contributed by atoms with Gasteiger partial charge in [0, 0.05) is 12.5 Å². The molecular formula is C18H27N3O2. The summed E-state index contributed by atoms with van der Waals surface area (Å²) in [6, 6.07) is -0.330. The molecule has 0 spiro atoms. The molecule has 3 rings (SSSR count). The number of hydrogen-bond donors (Lipinski definition) is 1. The van der Waals surface area contributed by atoms with Crippen LogP contribution in [-0.2, 0) is 9.59 Å². The fraction of sp³-hybridized carbons (Fsp3) is 0.778. The first kappa shape index (κ1) is 16.3. The van der Waals surface area contributed by atoms with E-state index in [1.807, 2.05) is 0 Å². The summed E-state index contributed by atoms with van der Waals surface area (Å²) in [6.07, 6.45) is 7.47. The summed E-state index contributed by atoms with van der Waals surface area (Å²) in [7, 11) is 0. The number of nitrogens with zero attached hydrogens (tertiary/aromatic N) is 2. The van der Waals surface area contributed by atoms with E-state index in [2.05, 4.69) is 22.1 Å². The first-order valence-corrected chi connectivity index (χ1v) is 9.01. The van der Waals surface area contributed by atoms with E-state index < -0.39 is 0 Å². The highest BCUT2D eigenvalue weighted by Gasteiger charge is 2.34. The number of carbonyl (C=O) groups excluding carboxylic acids is 2. The number of hydrogen-bond acceptors (Lipinski definition) is 3. The minimum Gasteiger partial charge on any atom is -0.344 e. The van der Waals surface area contributed by atoms with E-state index in [-0.39, 0.29) is 23.8 Å². The molecule has 1 aliphatic carbocycles. The third-order valence-electron chi connectivity index (χ3n) is 5.24. The van der Waals surface area contributed by atoms with Crippen LogP contribution in [-0.4, -0.2) is 60.4 Å². The molecule has 5 heteroatoms. The maximum Gasteiger partial charge on any atom is 0.246 e. The average molecular weight is 317 g/mol. The molecule has 3 aliphatic rings. The van der Waals surface area contributed by atoms with Crippen molar-refractivity contribution in [2.24, 2.45) is 5.92 Å². The SMILES string of the molecule is O=C(NC1CCN(CC#CCN2CCCC2)C1=O)C1CCCC1. The number of carbonyl (C=O) groups is 2. The second kappa shape index (κ2) is 7.83. The van der Waals surface area contributed by atoms with Crippen LogP contribution >= 0.6 is 0 Å². The summed E-state index contributed by atoms with van der Waals surface area (Å²) < 4.78 is 0. The van der Waals surface area contributed by atoms with Gasteiger partial charge in [0.25, 0.3) is 0 Å². The van der Waals surface area contributed by atoms with Gasteiger partial charge in [-0.3, -0.25) is 14.5 Å². The van der Waals surface area contributed by atoms with Gasteiger partial charge in [0.15, 0.2) is 0 Å². The van der Waals surface area contributed by atoms with Crippen molar-refractivity contribution in [2.45, 2.75) is 51.0 Å². The molecule has 2 saturated heterocycles. The average Bonchev–Trinajstić information content (AvgIpc) is 3.28. The maximum atomic E-state index is 12.3. The Morgan fingerprint density at radius 1 is 1.00 bits per heavy atom. The Balaban J connectivity index is 1.41. The Labute approximate surface area is 138 Å². The fourth-order valence-corrected chi connectivity index (χ4v) is 3.77. The van der Waals surface area contributed by atoms with E-state index >= 15 is 0 Å². The standard InChI is InChI=1S/C18H27N3O2/c22-17(15-7-1-2-8-15)19-16-9-14-21(18(16)23)13-6-5-12-20-10-3-4-11-20/h15-16H,1-4,7-14H2,(H,19,22). The molecule has 0 radical (unpaired) electrons. The summed E-state index contributed by atoms with van der Waals surface area (Å²) in [5.41, 5.74) is 0. The molecule has 5 nitrogen and oxygen atoms in total. The van der Waals surface area contributed by atoms with Gasteiger partial charge < -0.3 is 10.2 Å². The highest BCUT2D eigenvalue weighted by Crippen LogP contribution is 2.25. The smallest absolute Gasteiger partial charge is 0.246 e. The molecule has 2 heterocycles. The third-order valence-corrected chi connectivity index (χ3v) is 5.24. The van der Waals surface area contributed by atoms with Crippen LogP contribution in [0.5, 0.6) is 0 Å². The van der Waals surface area contributed by atoms with Gasteiger partial charge in [-0.2, -0.15) is 0 Å². The molecule has 2 aliphatic heterocycles. The van der Waals surface area contributed by atoms with Crippen LogP contribution in [0, 0.1) is 17.8 Å². The van der Waals surface area contributed by atoms with Gasteiger partial charge in [0.05, 0.1) is 13.1 Å². The first-order chi connectivity index (χ1) is 11.2. The lowest BCUT2D eigenvalue weighted by atomic mass is 10.1. The van der Waals surface area contributed by atoms with Gasteiger partial charge in [-0.25, -0.2) is 0 Å². The van der Waals surface area contributed by atoms with Gasteiger partial charge in [-0.05, 0) is 45.2 Å². The third kappa shape index (κ3) is 4.26. The molecule has 0 aromatic rings. The first-order valence-electron chi connectivity index (χ1n) is 9.01. The lowest BCUT2D eigenvalue weighted by Gasteiger charge is -2.16. The highest BCUT2D eigenvalue weighted by molar-refractivity contribution is 5.90. The number of nitrogens with one attached hydrogen (secondary N) is 1. The molecule has 23 heavy (non-hydrogen) atoms. The van der Waals surface area contributed by atoms with E-state index in [1.165, 1.54) is 12.8 Å². The predicted molar refractivity (Wildman–Crippen MR) is 88.5 cm³/mol. The van der Waals surface area contributed by atoms with Crippen molar-refractivity contribution in [3.05, 3.63) is 0 Å². The Bertz CT molecular complexity index is 496. The van der Waals surface area contributed by atoms with Gasteiger partial charge in [0.2, 0.25) is 11.8 Å². The summed E-state index contributed by atoms with van der Waals surface area (Å²) in [6.45, 7) is 4.29. The topological polar surface area (TPSA) is 52.7 Å². The molecule has 1 unspecified atom stereocenters. The van der Waals surface area contributed by atoms with Crippen molar-refractivity contribution in [1.29, 1.82) is 0 Å². The molecular weight excluding hydrogens is 290 g/mol. The molecule has 1 atom stereocenters. The Kier molecular flexibility index (Phi) is 5.56. The minimum atomic E-state index is -0.330. The molecule has 0 aromatic carbocycles. The van der Waals surface area contributed by atoms with Crippen molar-refractivity contribution in [3.8, 4) is 11.8 Å². The Hall–Kier alpha value is -1.54. The van der Waals surface area contributed by atoms with Crippen LogP contribution in [0.3, 0.4) is 0 Å². The quantitative estimate of drug-likeness (QED) is 0.787. The zero-order valence-electron chi connectivity index (χ0n) is 13.9. The second-order valence-corrected chi connectivity index (χ2v) is 6.93. The van der Waals surface area contributed by atoms with Crippen LogP contribution in [0.4, 0.5) is 0 Å². The van der Waals surface area contributed by atoms with Crippen molar-refractivity contribution in [2.75, 3.05) is 32.7 Å². The molecule has 3 fully saturated rings. The molecule has 2 amide bonds. The van der Waals surface area contributed by atoms with Gasteiger partial charge >= 0.3 is 0 Å². The maximum absolute atomic E-state index is 12.3. The predicted octanol–water partition coefficient (Wildman–Crippen LogP) is 0.993. The van der Waals surface area contributed by atoms with E-state index in [1.54, 1.807) is 4.90 Å². The van der Waals surface area contributed by atoms with Crippen molar-refractivity contribution in [3.63, 3.8) is 0 Å². The Morgan fingerprint density at radius 2 is 1.70 bits per heavy atom. The van der Waals surface area contributed by atoms with Gasteiger partial charge in [-0.15, -0.1) is 0 Å². The number of likely N-dealkylation sites (tertiary alicyclic amines) is 2. The van der Waals surface area contributed by atoms with E-state index in [0.717, 1.165) is 45.3 Å².